The highest BCUT2D eigenvalue weighted by atomic mass is 16.5. The van der Waals surface area contributed by atoms with E-state index in [4.69, 9.17) is 15.2 Å². The minimum Gasteiger partial charge on any atom is -0.494 e. The van der Waals surface area contributed by atoms with E-state index in [1.54, 1.807) is 18.3 Å². The molecule has 1 aromatic heterocycles. The number of benzene rings is 1. The summed E-state index contributed by atoms with van der Waals surface area (Å²) in [6, 6.07) is 10.9. The number of nitrogen functional groups attached to an aromatic ring is 1. The zero-order valence-corrected chi connectivity index (χ0v) is 9.59. The Bertz CT molecular complexity index is 466. The van der Waals surface area contributed by atoms with Crippen LogP contribution in [-0.4, -0.2) is 11.6 Å². The highest BCUT2D eigenvalue weighted by Crippen LogP contribution is 2.23. The van der Waals surface area contributed by atoms with Gasteiger partial charge in [0.25, 0.3) is 0 Å². The van der Waals surface area contributed by atoms with Gasteiger partial charge in [-0.2, -0.15) is 0 Å². The SMILES string of the molecule is CCOc1ccc(Oc2ccc(N)nc2)cc1. The molecule has 0 atom stereocenters. The number of aromatic nitrogens is 1. The lowest BCUT2D eigenvalue weighted by Gasteiger charge is -2.07. The predicted octanol–water partition coefficient (Wildman–Crippen LogP) is 2.85. The van der Waals surface area contributed by atoms with Crippen LogP contribution in [0.3, 0.4) is 0 Å². The minimum atomic E-state index is 0.476. The van der Waals surface area contributed by atoms with E-state index in [0.717, 1.165) is 11.5 Å². The molecule has 0 radical (unpaired) electrons. The Morgan fingerprint density at radius 1 is 1.00 bits per heavy atom. The smallest absolute Gasteiger partial charge is 0.145 e. The van der Waals surface area contributed by atoms with Crippen molar-refractivity contribution in [2.75, 3.05) is 12.3 Å². The van der Waals surface area contributed by atoms with Gasteiger partial charge in [-0.25, -0.2) is 4.98 Å². The highest BCUT2D eigenvalue weighted by molar-refractivity contribution is 5.37. The van der Waals surface area contributed by atoms with Crippen LogP contribution in [0.2, 0.25) is 0 Å². The zero-order valence-electron chi connectivity index (χ0n) is 9.59. The number of hydrogen-bond acceptors (Lipinski definition) is 4. The molecular formula is C13H14N2O2. The van der Waals surface area contributed by atoms with Crippen molar-refractivity contribution in [1.29, 1.82) is 0 Å². The molecule has 0 aliphatic rings. The summed E-state index contributed by atoms with van der Waals surface area (Å²) in [5.74, 6) is 2.70. The Hall–Kier alpha value is -2.23. The van der Waals surface area contributed by atoms with Gasteiger partial charge in [0.1, 0.15) is 23.1 Å². The molecule has 88 valence electrons. The quantitative estimate of drug-likeness (QED) is 0.877. The van der Waals surface area contributed by atoms with Gasteiger partial charge in [0.05, 0.1) is 12.8 Å². The van der Waals surface area contributed by atoms with E-state index in [1.165, 1.54) is 0 Å². The largest absolute Gasteiger partial charge is 0.494 e. The molecule has 0 unspecified atom stereocenters. The van der Waals surface area contributed by atoms with E-state index in [-0.39, 0.29) is 0 Å². The van der Waals surface area contributed by atoms with Crippen molar-refractivity contribution >= 4 is 5.82 Å². The van der Waals surface area contributed by atoms with Crippen molar-refractivity contribution in [3.8, 4) is 17.2 Å². The molecule has 0 aliphatic carbocycles. The second-order valence-corrected chi connectivity index (χ2v) is 3.43. The molecule has 17 heavy (non-hydrogen) atoms. The average Bonchev–Trinajstić information content (AvgIpc) is 2.35. The second kappa shape index (κ2) is 5.21. The standard InChI is InChI=1S/C13H14N2O2/c1-2-16-10-3-5-11(6-4-10)17-12-7-8-13(14)15-9-12/h3-9H,2H2,1H3,(H2,14,15). The molecule has 2 aromatic rings. The van der Waals surface area contributed by atoms with Gasteiger partial charge in [-0.1, -0.05) is 0 Å². The van der Waals surface area contributed by atoms with Crippen LogP contribution in [0.25, 0.3) is 0 Å². The first-order valence-corrected chi connectivity index (χ1v) is 5.40. The average molecular weight is 230 g/mol. The zero-order chi connectivity index (χ0) is 12.1. The Labute approximate surface area is 100 Å². The van der Waals surface area contributed by atoms with Crippen molar-refractivity contribution in [2.45, 2.75) is 6.92 Å². The monoisotopic (exact) mass is 230 g/mol. The summed E-state index contributed by atoms with van der Waals surface area (Å²) in [6.45, 7) is 2.60. The Morgan fingerprint density at radius 3 is 2.24 bits per heavy atom. The summed E-state index contributed by atoms with van der Waals surface area (Å²) >= 11 is 0. The van der Waals surface area contributed by atoms with Gasteiger partial charge in [-0.05, 0) is 43.3 Å². The van der Waals surface area contributed by atoms with E-state index < -0.39 is 0 Å². The molecule has 0 amide bonds. The van der Waals surface area contributed by atoms with E-state index in [2.05, 4.69) is 4.98 Å². The third kappa shape index (κ3) is 3.11. The molecule has 4 heteroatoms. The van der Waals surface area contributed by atoms with E-state index in [9.17, 15) is 0 Å². The molecule has 0 bridgehead atoms. The van der Waals surface area contributed by atoms with Crippen LogP contribution in [0.1, 0.15) is 6.92 Å². The molecule has 4 nitrogen and oxygen atoms in total. The fourth-order valence-electron chi connectivity index (χ4n) is 1.36. The number of anilines is 1. The number of nitrogens with zero attached hydrogens (tertiary/aromatic N) is 1. The summed E-state index contributed by atoms with van der Waals surface area (Å²) in [6.07, 6.45) is 1.59. The van der Waals surface area contributed by atoms with E-state index in [1.807, 2.05) is 31.2 Å². The molecule has 0 spiro atoms. The van der Waals surface area contributed by atoms with Gasteiger partial charge < -0.3 is 15.2 Å². The topological polar surface area (TPSA) is 57.4 Å². The summed E-state index contributed by atoms with van der Waals surface area (Å²) in [5.41, 5.74) is 5.49. The van der Waals surface area contributed by atoms with Crippen molar-refractivity contribution in [2.24, 2.45) is 0 Å². The maximum atomic E-state index is 5.59. The molecule has 1 aromatic carbocycles. The van der Waals surface area contributed by atoms with Gasteiger partial charge in [-0.15, -0.1) is 0 Å². The molecule has 0 saturated carbocycles. The molecule has 2 rings (SSSR count). The summed E-state index contributed by atoms with van der Waals surface area (Å²) in [4.78, 5) is 3.95. The van der Waals surface area contributed by atoms with Crippen molar-refractivity contribution < 1.29 is 9.47 Å². The summed E-state index contributed by atoms with van der Waals surface area (Å²) in [7, 11) is 0. The predicted molar refractivity (Wildman–Crippen MR) is 66.3 cm³/mol. The first-order valence-electron chi connectivity index (χ1n) is 5.40. The van der Waals surface area contributed by atoms with Crippen LogP contribution in [0.5, 0.6) is 17.2 Å². The molecule has 0 aliphatic heterocycles. The Kier molecular flexibility index (Phi) is 3.45. The normalized spacial score (nSPS) is 9.94. The van der Waals surface area contributed by atoms with Crippen LogP contribution in [0.15, 0.2) is 42.6 Å². The third-order valence-corrected chi connectivity index (χ3v) is 2.13. The van der Waals surface area contributed by atoms with Crippen LogP contribution < -0.4 is 15.2 Å². The first-order chi connectivity index (χ1) is 8.28. The van der Waals surface area contributed by atoms with Crippen LogP contribution in [0, 0.1) is 0 Å². The van der Waals surface area contributed by atoms with Crippen LogP contribution in [0.4, 0.5) is 5.82 Å². The van der Waals surface area contributed by atoms with Crippen LogP contribution >= 0.6 is 0 Å². The minimum absolute atomic E-state index is 0.476. The fourth-order valence-corrected chi connectivity index (χ4v) is 1.36. The lowest BCUT2D eigenvalue weighted by atomic mass is 10.3. The fraction of sp³-hybridized carbons (Fsp3) is 0.154. The van der Waals surface area contributed by atoms with Crippen molar-refractivity contribution in [1.82, 2.24) is 4.98 Å². The highest BCUT2D eigenvalue weighted by Gasteiger charge is 1.98. The number of ether oxygens (including phenoxy) is 2. The van der Waals surface area contributed by atoms with E-state index >= 15 is 0 Å². The summed E-state index contributed by atoms with van der Waals surface area (Å²) in [5, 5.41) is 0. The number of nitrogens with two attached hydrogens (primary N) is 1. The van der Waals surface area contributed by atoms with Gasteiger partial charge in [0.2, 0.25) is 0 Å². The molecule has 1 heterocycles. The maximum Gasteiger partial charge on any atom is 0.145 e. The van der Waals surface area contributed by atoms with Crippen molar-refractivity contribution in [3.63, 3.8) is 0 Å². The molecule has 0 fully saturated rings. The van der Waals surface area contributed by atoms with Gasteiger partial charge in [0.15, 0.2) is 0 Å². The molecule has 0 saturated heterocycles. The number of pyridine rings is 1. The van der Waals surface area contributed by atoms with Gasteiger partial charge in [-0.3, -0.25) is 0 Å². The molecule has 2 N–H and O–H groups in total. The van der Waals surface area contributed by atoms with Crippen molar-refractivity contribution in [3.05, 3.63) is 42.6 Å². The lowest BCUT2D eigenvalue weighted by molar-refractivity contribution is 0.339. The third-order valence-electron chi connectivity index (χ3n) is 2.13. The van der Waals surface area contributed by atoms with E-state index in [0.29, 0.717) is 18.2 Å². The number of rotatable bonds is 4. The second-order valence-electron chi connectivity index (χ2n) is 3.43. The van der Waals surface area contributed by atoms with Gasteiger partial charge >= 0.3 is 0 Å². The first kappa shape index (κ1) is 11.3. The Morgan fingerprint density at radius 2 is 1.65 bits per heavy atom. The van der Waals surface area contributed by atoms with Crippen LogP contribution in [-0.2, 0) is 0 Å². The Balaban J connectivity index is 2.05. The number of hydrogen-bond donors (Lipinski definition) is 1. The van der Waals surface area contributed by atoms with Gasteiger partial charge in [0, 0.05) is 0 Å². The lowest BCUT2D eigenvalue weighted by Crippen LogP contribution is -1.92. The summed E-state index contributed by atoms with van der Waals surface area (Å²) < 4.78 is 10.9. The molecular weight excluding hydrogens is 216 g/mol. The maximum absolute atomic E-state index is 5.59.